The minimum absolute atomic E-state index is 0.216. The molecule has 0 saturated carbocycles. The number of β-amino-alcohol motifs (C(OH)–C–C–N with tert-alkyl or cyclic N) is 1. The van der Waals surface area contributed by atoms with E-state index in [-0.39, 0.29) is 24.9 Å². The van der Waals surface area contributed by atoms with Crippen LogP contribution in [0.15, 0.2) is 48.9 Å². The number of aromatic nitrogens is 3. The summed E-state index contributed by atoms with van der Waals surface area (Å²) in [5.41, 5.74) is 2.93. The van der Waals surface area contributed by atoms with Gasteiger partial charge < -0.3 is 19.6 Å². The van der Waals surface area contributed by atoms with Gasteiger partial charge in [0.25, 0.3) is 5.91 Å². The molecule has 2 fully saturated rings. The molecule has 1 amide bonds. The number of hydrogen-bond donors (Lipinski definition) is 1. The number of amides is 1. The minimum atomic E-state index is -4.80. The van der Waals surface area contributed by atoms with Crippen molar-refractivity contribution in [3.05, 3.63) is 48.9 Å². The van der Waals surface area contributed by atoms with Crippen LogP contribution in [0.25, 0.3) is 22.3 Å². The van der Waals surface area contributed by atoms with Gasteiger partial charge in [-0.25, -0.2) is 4.39 Å². The zero-order valence-corrected chi connectivity index (χ0v) is 17.7. The van der Waals surface area contributed by atoms with Gasteiger partial charge >= 0.3 is 6.36 Å². The summed E-state index contributed by atoms with van der Waals surface area (Å²) in [6.45, 7) is 4.33. The number of rotatable bonds is 5. The summed E-state index contributed by atoms with van der Waals surface area (Å²) in [5.74, 6) is -2.18. The molecule has 3 aromatic rings. The fourth-order valence-corrected chi connectivity index (χ4v) is 4.18. The second-order valence-corrected chi connectivity index (χ2v) is 8.22. The number of carbonyl (C=O) groups is 1. The number of fused-ring (bicyclic) bond motifs is 1. The SMILES string of the molecule is C=C(F)C(=O)N1CC(n2nc(-c3ccc(OC(F)(F)F)cc3)c3nccc(N4CC(O)C4)c32)C1. The second-order valence-electron chi connectivity index (χ2n) is 8.22. The average Bonchev–Trinajstić information content (AvgIpc) is 3.09. The Labute approximate surface area is 190 Å². The summed E-state index contributed by atoms with van der Waals surface area (Å²) >= 11 is 0. The Balaban J connectivity index is 1.54. The Kier molecular flexibility index (Phi) is 5.19. The third-order valence-corrected chi connectivity index (χ3v) is 5.86. The molecule has 1 aromatic carbocycles. The number of anilines is 1. The minimum Gasteiger partial charge on any atom is -0.406 e. The summed E-state index contributed by atoms with van der Waals surface area (Å²) in [6.07, 6.45) is -3.65. The molecule has 5 rings (SSSR count). The lowest BCUT2D eigenvalue weighted by Gasteiger charge is -2.41. The maximum absolute atomic E-state index is 13.2. The highest BCUT2D eigenvalue weighted by atomic mass is 19.4. The Hall–Kier alpha value is -3.67. The van der Waals surface area contributed by atoms with Gasteiger partial charge in [0.2, 0.25) is 0 Å². The number of benzene rings is 1. The molecule has 0 radical (unpaired) electrons. The predicted molar refractivity (Wildman–Crippen MR) is 114 cm³/mol. The molecular formula is C22H19F4N5O3. The van der Waals surface area contributed by atoms with Gasteiger partial charge in [-0.3, -0.25) is 14.5 Å². The molecule has 1 N–H and O–H groups in total. The predicted octanol–water partition coefficient (Wildman–Crippen LogP) is 3.04. The number of nitrogens with zero attached hydrogens (tertiary/aromatic N) is 5. The van der Waals surface area contributed by atoms with Crippen LogP contribution in [-0.4, -0.2) is 69.3 Å². The van der Waals surface area contributed by atoms with E-state index in [1.54, 1.807) is 16.9 Å². The second kappa shape index (κ2) is 7.97. The summed E-state index contributed by atoms with van der Waals surface area (Å²) in [4.78, 5) is 19.6. The van der Waals surface area contributed by atoms with Crippen molar-refractivity contribution in [3.63, 3.8) is 0 Å². The van der Waals surface area contributed by atoms with Crippen LogP contribution in [0.4, 0.5) is 23.2 Å². The van der Waals surface area contributed by atoms with Crippen molar-refractivity contribution in [3.8, 4) is 17.0 Å². The van der Waals surface area contributed by atoms with E-state index in [0.717, 1.165) is 5.69 Å². The summed E-state index contributed by atoms with van der Waals surface area (Å²) in [6, 6.07) is 6.83. The third kappa shape index (κ3) is 3.94. The summed E-state index contributed by atoms with van der Waals surface area (Å²) in [5, 5.41) is 14.5. The average molecular weight is 477 g/mol. The van der Waals surface area contributed by atoms with E-state index in [4.69, 9.17) is 5.10 Å². The first-order valence-electron chi connectivity index (χ1n) is 10.4. The lowest BCUT2D eigenvalue weighted by atomic mass is 10.1. The quantitative estimate of drug-likeness (QED) is 0.449. The molecule has 0 atom stereocenters. The van der Waals surface area contributed by atoms with Gasteiger partial charge in [-0.05, 0) is 30.3 Å². The van der Waals surface area contributed by atoms with Crippen LogP contribution in [0.3, 0.4) is 0 Å². The molecule has 0 aliphatic carbocycles. The normalized spacial score (nSPS) is 17.0. The maximum atomic E-state index is 13.2. The molecule has 2 saturated heterocycles. The van der Waals surface area contributed by atoms with Crippen LogP contribution in [0, 0.1) is 0 Å². The molecule has 178 valence electrons. The van der Waals surface area contributed by atoms with Crippen LogP contribution in [0.5, 0.6) is 5.75 Å². The lowest BCUT2D eigenvalue weighted by molar-refractivity contribution is -0.274. The monoisotopic (exact) mass is 477 g/mol. The van der Waals surface area contributed by atoms with Crippen molar-refractivity contribution in [2.45, 2.75) is 18.5 Å². The number of ether oxygens (including phenoxy) is 1. The molecule has 8 nitrogen and oxygen atoms in total. The van der Waals surface area contributed by atoms with E-state index in [0.29, 0.717) is 35.4 Å². The van der Waals surface area contributed by atoms with Crippen molar-refractivity contribution >= 4 is 22.6 Å². The van der Waals surface area contributed by atoms with Crippen LogP contribution in [0.1, 0.15) is 6.04 Å². The molecule has 2 aliphatic rings. The van der Waals surface area contributed by atoms with Gasteiger partial charge in [0.15, 0.2) is 5.83 Å². The van der Waals surface area contributed by atoms with Crippen molar-refractivity contribution in [1.82, 2.24) is 19.7 Å². The highest BCUT2D eigenvalue weighted by Gasteiger charge is 2.37. The van der Waals surface area contributed by atoms with Crippen molar-refractivity contribution in [2.75, 3.05) is 31.1 Å². The molecule has 34 heavy (non-hydrogen) atoms. The first kappa shape index (κ1) is 22.1. The molecule has 12 heteroatoms. The molecule has 0 spiro atoms. The fraction of sp³-hybridized carbons (Fsp3) is 0.318. The van der Waals surface area contributed by atoms with Crippen LogP contribution in [0.2, 0.25) is 0 Å². The first-order valence-corrected chi connectivity index (χ1v) is 10.4. The van der Waals surface area contributed by atoms with Crippen molar-refractivity contribution in [1.29, 1.82) is 0 Å². The van der Waals surface area contributed by atoms with Crippen molar-refractivity contribution < 1.29 is 32.2 Å². The highest BCUT2D eigenvalue weighted by molar-refractivity contribution is 5.98. The number of aliphatic hydroxyl groups excluding tert-OH is 1. The number of alkyl halides is 3. The molecule has 2 aromatic heterocycles. The number of hydrogen-bond acceptors (Lipinski definition) is 6. The van der Waals surface area contributed by atoms with Gasteiger partial charge in [0, 0.05) is 37.9 Å². The Bertz CT molecular complexity index is 1260. The number of pyridine rings is 1. The highest BCUT2D eigenvalue weighted by Crippen LogP contribution is 2.38. The molecule has 2 aliphatic heterocycles. The lowest BCUT2D eigenvalue weighted by Crippen LogP contribution is -2.52. The zero-order chi connectivity index (χ0) is 24.2. The van der Waals surface area contributed by atoms with Crippen LogP contribution >= 0.6 is 0 Å². The van der Waals surface area contributed by atoms with Gasteiger partial charge in [0.05, 0.1) is 17.8 Å². The molecule has 4 heterocycles. The number of likely N-dealkylation sites (tertiary alicyclic amines) is 1. The standard InChI is InChI=1S/C22H19F4N5O3/c1-12(23)21(33)30-8-14(9-30)31-20-17(29-10-15(32)11-29)6-7-27-19(20)18(28-31)13-2-4-16(5-3-13)34-22(24,25)26/h2-7,14-15,32H,1,8-11H2. The smallest absolute Gasteiger partial charge is 0.406 e. The van der Waals surface area contributed by atoms with E-state index >= 15 is 0 Å². The van der Waals surface area contributed by atoms with Crippen LogP contribution < -0.4 is 9.64 Å². The van der Waals surface area contributed by atoms with Crippen LogP contribution in [-0.2, 0) is 4.79 Å². The largest absolute Gasteiger partial charge is 0.573 e. The number of carbonyl (C=O) groups excluding carboxylic acids is 1. The Morgan fingerprint density at radius 2 is 1.79 bits per heavy atom. The van der Waals surface area contributed by atoms with E-state index in [1.165, 1.54) is 29.2 Å². The maximum Gasteiger partial charge on any atom is 0.573 e. The topological polar surface area (TPSA) is 83.7 Å². The Morgan fingerprint density at radius 1 is 1.12 bits per heavy atom. The van der Waals surface area contributed by atoms with Crippen molar-refractivity contribution in [2.24, 2.45) is 0 Å². The zero-order valence-electron chi connectivity index (χ0n) is 17.7. The third-order valence-electron chi connectivity index (χ3n) is 5.86. The van der Waals surface area contributed by atoms with E-state index in [9.17, 15) is 27.5 Å². The van der Waals surface area contributed by atoms with Gasteiger partial charge in [0.1, 0.15) is 22.5 Å². The number of halogens is 4. The Morgan fingerprint density at radius 3 is 2.38 bits per heavy atom. The van der Waals surface area contributed by atoms with Gasteiger partial charge in [-0.1, -0.05) is 6.58 Å². The summed E-state index contributed by atoms with van der Waals surface area (Å²) < 4.78 is 56.4. The van der Waals surface area contributed by atoms with Gasteiger partial charge in [-0.15, -0.1) is 13.2 Å². The molecular weight excluding hydrogens is 458 g/mol. The fourth-order valence-electron chi connectivity index (χ4n) is 4.18. The van der Waals surface area contributed by atoms with E-state index in [2.05, 4.69) is 16.3 Å². The van der Waals surface area contributed by atoms with E-state index in [1.807, 2.05) is 4.90 Å². The molecule has 0 unspecified atom stereocenters. The summed E-state index contributed by atoms with van der Waals surface area (Å²) in [7, 11) is 0. The van der Waals surface area contributed by atoms with Gasteiger partial charge in [-0.2, -0.15) is 5.10 Å². The first-order chi connectivity index (χ1) is 16.1. The molecule has 0 bridgehead atoms. The van der Waals surface area contributed by atoms with E-state index < -0.39 is 24.2 Å². The number of aliphatic hydroxyl groups is 1.